The minimum absolute atomic E-state index is 0.0629. The van der Waals surface area contributed by atoms with E-state index in [1.165, 1.54) is 19.7 Å². The van der Waals surface area contributed by atoms with Gasteiger partial charge in [0.1, 0.15) is 11.6 Å². The number of nitrogens with zero attached hydrogens (tertiary/aromatic N) is 2. The molecule has 0 bridgehead atoms. The van der Waals surface area contributed by atoms with Crippen molar-refractivity contribution >= 4 is 11.9 Å². The molecule has 1 rings (SSSR count). The molecule has 0 aromatic heterocycles. The fourth-order valence-electron chi connectivity index (χ4n) is 2.42. The van der Waals surface area contributed by atoms with E-state index in [0.29, 0.717) is 6.54 Å². The summed E-state index contributed by atoms with van der Waals surface area (Å²) >= 11 is 0. The summed E-state index contributed by atoms with van der Waals surface area (Å²) in [6.45, 7) is 0.332. The van der Waals surface area contributed by atoms with Crippen LogP contribution in [-0.4, -0.2) is 43.5 Å². The maximum absolute atomic E-state index is 12.3. The molecular weight excluding hydrogens is 270 g/mol. The molecule has 0 spiro atoms. The molecule has 1 aliphatic rings. The maximum atomic E-state index is 12.3. The first-order valence-electron chi connectivity index (χ1n) is 7.27. The third kappa shape index (κ3) is 5.46. The van der Waals surface area contributed by atoms with E-state index in [1.807, 2.05) is 6.07 Å². The van der Waals surface area contributed by atoms with Crippen molar-refractivity contribution in [3.05, 3.63) is 11.8 Å². The predicted octanol–water partition coefficient (Wildman–Crippen LogP) is 1.34. The summed E-state index contributed by atoms with van der Waals surface area (Å²) in [4.78, 5) is 24.9. The highest BCUT2D eigenvalue weighted by Gasteiger charge is 2.24. The Morgan fingerprint density at radius 3 is 2.62 bits per heavy atom. The number of hydrogen-bond donors (Lipinski definition) is 1. The zero-order chi connectivity index (χ0) is 15.7. The number of rotatable bonds is 6. The van der Waals surface area contributed by atoms with Gasteiger partial charge in [0.2, 0.25) is 0 Å². The molecule has 21 heavy (non-hydrogen) atoms. The smallest absolute Gasteiger partial charge is 0.307 e. The molecule has 116 valence electrons. The van der Waals surface area contributed by atoms with Gasteiger partial charge < -0.3 is 15.0 Å². The zero-order valence-corrected chi connectivity index (χ0v) is 12.7. The van der Waals surface area contributed by atoms with Crippen LogP contribution in [0.25, 0.3) is 0 Å². The second kappa shape index (κ2) is 9.01. The fraction of sp³-hybridized carbons (Fsp3) is 0.667. The van der Waals surface area contributed by atoms with Gasteiger partial charge in [0.05, 0.1) is 13.5 Å². The van der Waals surface area contributed by atoms with Crippen molar-refractivity contribution in [2.45, 2.75) is 44.6 Å². The van der Waals surface area contributed by atoms with Crippen LogP contribution in [0.4, 0.5) is 0 Å². The Kier molecular flexibility index (Phi) is 7.30. The van der Waals surface area contributed by atoms with Crippen LogP contribution in [0.2, 0.25) is 0 Å². The van der Waals surface area contributed by atoms with Crippen LogP contribution in [0.15, 0.2) is 11.8 Å². The largest absolute Gasteiger partial charge is 0.469 e. The van der Waals surface area contributed by atoms with Gasteiger partial charge in [0, 0.05) is 25.8 Å². The van der Waals surface area contributed by atoms with Crippen molar-refractivity contribution in [2.75, 3.05) is 20.7 Å². The number of hydrogen-bond acceptors (Lipinski definition) is 5. The fourth-order valence-corrected chi connectivity index (χ4v) is 2.42. The quantitative estimate of drug-likeness (QED) is 0.346. The van der Waals surface area contributed by atoms with Gasteiger partial charge in [-0.25, -0.2) is 0 Å². The molecule has 0 atom stereocenters. The number of carbonyl (C=O) groups is 2. The predicted molar refractivity (Wildman–Crippen MR) is 78.0 cm³/mol. The molecule has 0 aliphatic heterocycles. The van der Waals surface area contributed by atoms with Gasteiger partial charge in [-0.15, -0.1) is 0 Å². The van der Waals surface area contributed by atoms with Crippen LogP contribution in [0.1, 0.15) is 38.5 Å². The van der Waals surface area contributed by atoms with E-state index in [-0.39, 0.29) is 29.9 Å². The lowest BCUT2D eigenvalue weighted by molar-refractivity contribution is -0.140. The van der Waals surface area contributed by atoms with E-state index in [9.17, 15) is 9.59 Å². The first-order valence-corrected chi connectivity index (χ1v) is 7.27. The molecular formula is C15H23N3O3. The molecule has 6 nitrogen and oxygen atoms in total. The Morgan fingerprint density at radius 2 is 2.05 bits per heavy atom. The molecule has 1 aliphatic carbocycles. The molecule has 1 saturated carbocycles. The highest BCUT2D eigenvalue weighted by atomic mass is 16.5. The number of nitrogens with one attached hydrogen (secondary N) is 1. The zero-order valence-electron chi connectivity index (χ0n) is 12.7. The van der Waals surface area contributed by atoms with Gasteiger partial charge >= 0.3 is 5.97 Å². The lowest BCUT2D eigenvalue weighted by atomic mass is 9.94. The minimum Gasteiger partial charge on any atom is -0.469 e. The number of esters is 1. The van der Waals surface area contributed by atoms with Crippen molar-refractivity contribution in [3.8, 4) is 6.07 Å². The normalized spacial score (nSPS) is 16.0. The minimum atomic E-state index is -0.333. The van der Waals surface area contributed by atoms with Gasteiger partial charge in [0.15, 0.2) is 0 Å². The van der Waals surface area contributed by atoms with Gasteiger partial charge in [-0.3, -0.25) is 9.59 Å². The average molecular weight is 293 g/mol. The second-order valence-corrected chi connectivity index (χ2v) is 5.16. The highest BCUT2D eigenvalue weighted by molar-refractivity contribution is 5.97. The Morgan fingerprint density at radius 1 is 1.38 bits per heavy atom. The summed E-state index contributed by atoms with van der Waals surface area (Å²) in [6, 6.07) is 2.14. The van der Waals surface area contributed by atoms with Gasteiger partial charge in [-0.05, 0) is 12.8 Å². The van der Waals surface area contributed by atoms with Crippen molar-refractivity contribution < 1.29 is 14.3 Å². The van der Waals surface area contributed by atoms with E-state index in [0.717, 1.165) is 25.7 Å². The summed E-state index contributed by atoms with van der Waals surface area (Å²) in [7, 11) is 3.07. The van der Waals surface area contributed by atoms with E-state index < -0.39 is 0 Å². The second-order valence-electron chi connectivity index (χ2n) is 5.16. The summed E-state index contributed by atoms with van der Waals surface area (Å²) < 4.78 is 4.51. The third-order valence-electron chi connectivity index (χ3n) is 3.74. The number of nitriles is 1. The standard InChI is InChI=1S/C15H23N3O3/c1-18(13-6-4-3-5-7-13)15(20)12(10-16)11-17-9-8-14(19)21-2/h11,13,17H,3-9H2,1-2H3/b12-11-. The number of likely N-dealkylation sites (N-methyl/N-ethyl adjacent to an activating group) is 1. The van der Waals surface area contributed by atoms with Crippen LogP contribution in [-0.2, 0) is 14.3 Å². The van der Waals surface area contributed by atoms with Gasteiger partial charge in [-0.2, -0.15) is 5.26 Å². The summed E-state index contributed by atoms with van der Waals surface area (Å²) in [6.07, 6.45) is 7.04. The van der Waals surface area contributed by atoms with Crippen LogP contribution < -0.4 is 5.32 Å². The molecule has 1 amide bonds. The number of amides is 1. The van der Waals surface area contributed by atoms with Crippen molar-refractivity contribution in [1.29, 1.82) is 5.26 Å². The molecule has 0 heterocycles. The number of ether oxygens (including phenoxy) is 1. The Labute approximate surface area is 125 Å². The van der Waals surface area contributed by atoms with Crippen LogP contribution >= 0.6 is 0 Å². The van der Waals surface area contributed by atoms with E-state index in [4.69, 9.17) is 5.26 Å². The third-order valence-corrected chi connectivity index (χ3v) is 3.74. The molecule has 0 saturated heterocycles. The topological polar surface area (TPSA) is 82.4 Å². The summed E-state index contributed by atoms with van der Waals surface area (Å²) in [5, 5.41) is 11.9. The van der Waals surface area contributed by atoms with Crippen molar-refractivity contribution in [3.63, 3.8) is 0 Å². The van der Waals surface area contributed by atoms with E-state index in [2.05, 4.69) is 10.1 Å². The Balaban J connectivity index is 2.51. The molecule has 1 fully saturated rings. The van der Waals surface area contributed by atoms with Gasteiger partial charge in [-0.1, -0.05) is 19.3 Å². The number of carbonyl (C=O) groups excluding carboxylic acids is 2. The molecule has 0 aromatic carbocycles. The molecule has 1 N–H and O–H groups in total. The first-order chi connectivity index (χ1) is 10.1. The summed E-state index contributed by atoms with van der Waals surface area (Å²) in [5.41, 5.74) is 0.0629. The van der Waals surface area contributed by atoms with Crippen molar-refractivity contribution in [2.24, 2.45) is 0 Å². The van der Waals surface area contributed by atoms with E-state index in [1.54, 1.807) is 11.9 Å². The molecule has 0 unspecified atom stereocenters. The average Bonchev–Trinajstić information content (AvgIpc) is 2.54. The first kappa shape index (κ1) is 17.0. The van der Waals surface area contributed by atoms with Gasteiger partial charge in [0.25, 0.3) is 5.91 Å². The monoisotopic (exact) mass is 293 g/mol. The summed E-state index contributed by atoms with van der Waals surface area (Å²) in [5.74, 6) is -0.602. The lowest BCUT2D eigenvalue weighted by Gasteiger charge is -2.31. The van der Waals surface area contributed by atoms with E-state index >= 15 is 0 Å². The lowest BCUT2D eigenvalue weighted by Crippen LogP contribution is -2.39. The van der Waals surface area contributed by atoms with Crippen LogP contribution in [0.5, 0.6) is 0 Å². The Hall–Kier alpha value is -2.03. The molecule has 0 aromatic rings. The van der Waals surface area contributed by atoms with Crippen LogP contribution in [0.3, 0.4) is 0 Å². The number of methoxy groups -OCH3 is 1. The SMILES string of the molecule is COC(=O)CCN/C=C(/C#N)C(=O)N(C)C1CCCCC1. The van der Waals surface area contributed by atoms with Crippen LogP contribution in [0, 0.1) is 11.3 Å². The molecule has 6 heteroatoms. The van der Waals surface area contributed by atoms with Crippen molar-refractivity contribution in [1.82, 2.24) is 10.2 Å². The highest BCUT2D eigenvalue weighted by Crippen LogP contribution is 2.22. The maximum Gasteiger partial charge on any atom is 0.307 e. The molecule has 0 radical (unpaired) electrons. The Bertz CT molecular complexity index is 434.